The maximum absolute atomic E-state index is 11.7. The van der Waals surface area contributed by atoms with Gasteiger partial charge in [-0.25, -0.2) is 4.98 Å². The zero-order valence-electron chi connectivity index (χ0n) is 17.6. The molecule has 1 aliphatic rings. The van der Waals surface area contributed by atoms with Crippen LogP contribution in [-0.4, -0.2) is 22.0 Å². The Balaban J connectivity index is 1.43. The van der Waals surface area contributed by atoms with Gasteiger partial charge in [0.05, 0.1) is 11.0 Å². The SMILES string of the molecule is CCCCCCCCn1c(CCCCCNC(=O)C2CC2)nc2ccccc21. The number of imidazole rings is 1. The molecule has 1 amide bonds. The maximum atomic E-state index is 11.7. The van der Waals surface area contributed by atoms with E-state index in [1.165, 1.54) is 49.9 Å². The van der Waals surface area contributed by atoms with Crippen molar-refractivity contribution in [2.24, 2.45) is 5.92 Å². The Morgan fingerprint density at radius 2 is 1.79 bits per heavy atom. The summed E-state index contributed by atoms with van der Waals surface area (Å²) >= 11 is 0. The van der Waals surface area contributed by atoms with Crippen molar-refractivity contribution < 1.29 is 4.79 Å². The molecular formula is C24H37N3O. The van der Waals surface area contributed by atoms with Gasteiger partial charge in [0.15, 0.2) is 0 Å². The molecular weight excluding hydrogens is 346 g/mol. The van der Waals surface area contributed by atoms with Crippen molar-refractivity contribution in [3.05, 3.63) is 30.1 Å². The summed E-state index contributed by atoms with van der Waals surface area (Å²) < 4.78 is 2.45. The molecule has 1 aromatic carbocycles. The van der Waals surface area contributed by atoms with Crippen LogP contribution in [0.25, 0.3) is 11.0 Å². The summed E-state index contributed by atoms with van der Waals surface area (Å²) in [6.45, 7) is 4.17. The molecule has 0 unspecified atom stereocenters. The quantitative estimate of drug-likeness (QED) is 0.429. The molecule has 1 N–H and O–H groups in total. The molecule has 4 nitrogen and oxygen atoms in total. The van der Waals surface area contributed by atoms with E-state index >= 15 is 0 Å². The highest BCUT2D eigenvalue weighted by molar-refractivity contribution is 5.80. The highest BCUT2D eigenvalue weighted by atomic mass is 16.2. The Kier molecular flexibility index (Phi) is 8.38. The van der Waals surface area contributed by atoms with E-state index in [2.05, 4.69) is 41.1 Å². The Bertz CT molecular complexity index is 733. The van der Waals surface area contributed by atoms with Crippen LogP contribution < -0.4 is 5.32 Å². The number of carbonyl (C=O) groups is 1. The Morgan fingerprint density at radius 3 is 2.61 bits per heavy atom. The van der Waals surface area contributed by atoms with Gasteiger partial charge in [-0.05, 0) is 44.2 Å². The van der Waals surface area contributed by atoms with Crippen molar-refractivity contribution in [2.75, 3.05) is 6.54 Å². The van der Waals surface area contributed by atoms with Crippen molar-refractivity contribution in [2.45, 2.75) is 90.5 Å². The molecule has 0 bridgehead atoms. The predicted octanol–water partition coefficient (Wildman–Crippen LogP) is 5.64. The van der Waals surface area contributed by atoms with Gasteiger partial charge in [0.1, 0.15) is 5.82 Å². The van der Waals surface area contributed by atoms with E-state index in [0.29, 0.717) is 5.92 Å². The number of aryl methyl sites for hydroxylation is 2. The lowest BCUT2D eigenvalue weighted by Crippen LogP contribution is -2.25. The minimum absolute atomic E-state index is 0.265. The molecule has 0 saturated heterocycles. The smallest absolute Gasteiger partial charge is 0.223 e. The van der Waals surface area contributed by atoms with E-state index < -0.39 is 0 Å². The lowest BCUT2D eigenvalue weighted by molar-refractivity contribution is -0.122. The van der Waals surface area contributed by atoms with E-state index in [1.807, 2.05) is 0 Å². The first-order chi connectivity index (χ1) is 13.8. The lowest BCUT2D eigenvalue weighted by Gasteiger charge is -2.10. The van der Waals surface area contributed by atoms with Crippen LogP contribution in [0.2, 0.25) is 0 Å². The number of unbranched alkanes of at least 4 members (excludes halogenated alkanes) is 7. The topological polar surface area (TPSA) is 46.9 Å². The van der Waals surface area contributed by atoms with Gasteiger partial charge >= 0.3 is 0 Å². The Hall–Kier alpha value is -1.84. The van der Waals surface area contributed by atoms with Crippen LogP contribution >= 0.6 is 0 Å². The second-order valence-electron chi connectivity index (χ2n) is 8.31. The molecule has 1 saturated carbocycles. The van der Waals surface area contributed by atoms with Crippen LogP contribution in [0.4, 0.5) is 0 Å². The van der Waals surface area contributed by atoms with Crippen molar-refractivity contribution in [1.29, 1.82) is 0 Å². The summed E-state index contributed by atoms with van der Waals surface area (Å²) in [4.78, 5) is 16.6. The molecule has 1 aromatic heterocycles. The normalized spacial score (nSPS) is 13.9. The first kappa shape index (κ1) is 20.9. The summed E-state index contributed by atoms with van der Waals surface area (Å²) in [6.07, 6.45) is 14.5. The fraction of sp³-hybridized carbons (Fsp3) is 0.667. The zero-order chi connectivity index (χ0) is 19.6. The molecule has 4 heteroatoms. The second-order valence-corrected chi connectivity index (χ2v) is 8.31. The number of nitrogens with one attached hydrogen (secondary N) is 1. The van der Waals surface area contributed by atoms with Crippen LogP contribution in [0.5, 0.6) is 0 Å². The van der Waals surface area contributed by atoms with Crippen LogP contribution in [0, 0.1) is 5.92 Å². The standard InChI is InChI=1S/C24H37N3O/c1-2-3-4-5-6-12-19-27-22-14-10-9-13-21(22)26-23(27)15-8-7-11-18-25-24(28)20-16-17-20/h9-10,13-14,20H,2-8,11-12,15-19H2,1H3,(H,25,28). The average molecular weight is 384 g/mol. The minimum atomic E-state index is 0.265. The summed E-state index contributed by atoms with van der Waals surface area (Å²) in [5.74, 6) is 1.82. The van der Waals surface area contributed by atoms with E-state index in [9.17, 15) is 4.79 Å². The third-order valence-corrected chi connectivity index (χ3v) is 5.79. The molecule has 154 valence electrons. The van der Waals surface area contributed by atoms with Crippen LogP contribution in [0.15, 0.2) is 24.3 Å². The van der Waals surface area contributed by atoms with Crippen LogP contribution in [0.1, 0.15) is 83.4 Å². The van der Waals surface area contributed by atoms with Gasteiger partial charge in [-0.2, -0.15) is 0 Å². The number of fused-ring (bicyclic) bond motifs is 1. The highest BCUT2D eigenvalue weighted by Gasteiger charge is 2.28. The number of hydrogen-bond donors (Lipinski definition) is 1. The molecule has 1 heterocycles. The molecule has 2 aromatic rings. The fourth-order valence-corrected chi connectivity index (χ4v) is 3.90. The first-order valence-corrected chi connectivity index (χ1v) is 11.5. The van der Waals surface area contributed by atoms with E-state index in [4.69, 9.17) is 4.98 Å². The number of rotatable bonds is 14. The van der Waals surface area contributed by atoms with E-state index in [1.54, 1.807) is 0 Å². The summed E-state index contributed by atoms with van der Waals surface area (Å²) in [5.41, 5.74) is 2.41. The molecule has 0 aliphatic heterocycles. The minimum Gasteiger partial charge on any atom is -0.356 e. The number of benzene rings is 1. The average Bonchev–Trinajstić information content (AvgIpc) is 3.50. The molecule has 3 rings (SSSR count). The van der Waals surface area contributed by atoms with Crippen molar-refractivity contribution in [1.82, 2.24) is 14.9 Å². The number of nitrogens with zero attached hydrogens (tertiary/aromatic N) is 2. The molecule has 0 radical (unpaired) electrons. The van der Waals surface area contributed by atoms with Crippen LogP contribution in [0.3, 0.4) is 0 Å². The van der Waals surface area contributed by atoms with E-state index in [-0.39, 0.29) is 5.91 Å². The maximum Gasteiger partial charge on any atom is 0.223 e. The third-order valence-electron chi connectivity index (χ3n) is 5.79. The molecule has 1 aliphatic carbocycles. The summed E-state index contributed by atoms with van der Waals surface area (Å²) in [6, 6.07) is 8.53. The van der Waals surface area contributed by atoms with Crippen molar-refractivity contribution in [3.63, 3.8) is 0 Å². The summed E-state index contributed by atoms with van der Waals surface area (Å²) in [5, 5.41) is 3.07. The van der Waals surface area contributed by atoms with Gasteiger partial charge in [0.25, 0.3) is 0 Å². The monoisotopic (exact) mass is 383 g/mol. The Labute approximate surface area is 170 Å². The molecule has 0 spiro atoms. The largest absolute Gasteiger partial charge is 0.356 e. The van der Waals surface area contributed by atoms with Gasteiger partial charge in [-0.15, -0.1) is 0 Å². The van der Waals surface area contributed by atoms with Crippen molar-refractivity contribution >= 4 is 16.9 Å². The highest BCUT2D eigenvalue weighted by Crippen LogP contribution is 2.28. The lowest BCUT2D eigenvalue weighted by atomic mass is 10.1. The molecule has 28 heavy (non-hydrogen) atoms. The van der Waals surface area contributed by atoms with Gasteiger partial charge in [-0.3, -0.25) is 4.79 Å². The number of para-hydroxylation sites is 2. The second kappa shape index (κ2) is 11.2. The van der Waals surface area contributed by atoms with Gasteiger partial charge in [0, 0.05) is 25.4 Å². The van der Waals surface area contributed by atoms with Gasteiger partial charge in [-0.1, -0.05) is 57.6 Å². The van der Waals surface area contributed by atoms with Gasteiger partial charge in [0.2, 0.25) is 5.91 Å². The fourth-order valence-electron chi connectivity index (χ4n) is 3.90. The molecule has 1 fully saturated rings. The summed E-state index contributed by atoms with van der Waals surface area (Å²) in [7, 11) is 0. The number of amides is 1. The first-order valence-electron chi connectivity index (χ1n) is 11.5. The third kappa shape index (κ3) is 6.35. The van der Waals surface area contributed by atoms with Gasteiger partial charge < -0.3 is 9.88 Å². The molecule has 0 atom stereocenters. The zero-order valence-corrected chi connectivity index (χ0v) is 17.6. The Morgan fingerprint density at radius 1 is 1.04 bits per heavy atom. The number of hydrogen-bond acceptors (Lipinski definition) is 2. The van der Waals surface area contributed by atoms with E-state index in [0.717, 1.165) is 57.1 Å². The number of aromatic nitrogens is 2. The number of carbonyl (C=O) groups excluding carboxylic acids is 1. The predicted molar refractivity (Wildman–Crippen MR) is 116 cm³/mol. The van der Waals surface area contributed by atoms with Crippen molar-refractivity contribution in [3.8, 4) is 0 Å². The van der Waals surface area contributed by atoms with Crippen LogP contribution in [-0.2, 0) is 17.8 Å².